The molecule has 3 heteroatoms. The van der Waals surface area contributed by atoms with Gasteiger partial charge in [0.15, 0.2) is 0 Å². The third-order valence-electron chi connectivity index (χ3n) is 2.98. The van der Waals surface area contributed by atoms with Crippen LogP contribution in [0.4, 0.5) is 0 Å². The first-order chi connectivity index (χ1) is 7.34. The Morgan fingerprint density at radius 2 is 2.13 bits per heavy atom. The van der Waals surface area contributed by atoms with E-state index in [0.29, 0.717) is 0 Å². The summed E-state index contributed by atoms with van der Waals surface area (Å²) in [4.78, 5) is 2.47. The summed E-state index contributed by atoms with van der Waals surface area (Å²) >= 11 is 0. The predicted molar refractivity (Wildman–Crippen MR) is 60.7 cm³/mol. The summed E-state index contributed by atoms with van der Waals surface area (Å²) in [6.45, 7) is 3.43. The predicted octanol–water partition coefficient (Wildman–Crippen LogP) is 1.64. The summed E-state index contributed by atoms with van der Waals surface area (Å²) in [5, 5.41) is 0. The molecule has 1 aliphatic heterocycles. The Kier molecular flexibility index (Phi) is 3.80. The van der Waals surface area contributed by atoms with Crippen LogP contribution in [-0.4, -0.2) is 30.6 Å². The number of furan rings is 1. The maximum atomic E-state index is 6.09. The van der Waals surface area contributed by atoms with Crippen molar-refractivity contribution in [2.45, 2.75) is 31.7 Å². The molecule has 84 valence electrons. The van der Waals surface area contributed by atoms with Crippen molar-refractivity contribution in [1.82, 2.24) is 4.90 Å². The first kappa shape index (κ1) is 10.7. The van der Waals surface area contributed by atoms with Crippen LogP contribution in [0.25, 0.3) is 0 Å². The second kappa shape index (κ2) is 5.33. The standard InChI is InChI=1S/C12H20N2O/c13-11(9-12-5-4-8-15-12)10-14-6-2-1-3-7-14/h4-5,8,11H,1-3,6-7,9-10,13H2. The quantitative estimate of drug-likeness (QED) is 0.818. The van der Waals surface area contributed by atoms with E-state index in [1.165, 1.54) is 32.4 Å². The molecular formula is C12H20N2O. The van der Waals surface area contributed by atoms with Gasteiger partial charge in [-0.3, -0.25) is 0 Å². The zero-order valence-electron chi connectivity index (χ0n) is 9.19. The fourth-order valence-electron chi connectivity index (χ4n) is 2.23. The molecule has 0 amide bonds. The molecule has 0 radical (unpaired) electrons. The molecule has 1 aliphatic rings. The lowest BCUT2D eigenvalue weighted by Crippen LogP contribution is -2.41. The normalized spacial score (nSPS) is 20.3. The van der Waals surface area contributed by atoms with Crippen LogP contribution in [0.3, 0.4) is 0 Å². The number of piperidine rings is 1. The van der Waals surface area contributed by atoms with E-state index in [1.807, 2.05) is 12.1 Å². The maximum absolute atomic E-state index is 6.09. The second-order valence-electron chi connectivity index (χ2n) is 4.40. The fourth-order valence-corrected chi connectivity index (χ4v) is 2.23. The topological polar surface area (TPSA) is 42.4 Å². The molecule has 1 atom stereocenters. The zero-order valence-corrected chi connectivity index (χ0v) is 9.19. The molecule has 0 bridgehead atoms. The van der Waals surface area contributed by atoms with Gasteiger partial charge in [0.05, 0.1) is 6.26 Å². The van der Waals surface area contributed by atoms with Crippen molar-refractivity contribution < 1.29 is 4.42 Å². The minimum absolute atomic E-state index is 0.203. The van der Waals surface area contributed by atoms with E-state index in [0.717, 1.165) is 18.7 Å². The Bertz CT molecular complexity index is 265. The van der Waals surface area contributed by atoms with Crippen LogP contribution in [0.1, 0.15) is 25.0 Å². The lowest BCUT2D eigenvalue weighted by Gasteiger charge is -2.28. The summed E-state index contributed by atoms with van der Waals surface area (Å²) in [6.07, 6.45) is 6.59. The summed E-state index contributed by atoms with van der Waals surface area (Å²) in [5.41, 5.74) is 6.09. The van der Waals surface area contributed by atoms with E-state index in [1.54, 1.807) is 6.26 Å². The smallest absolute Gasteiger partial charge is 0.105 e. The van der Waals surface area contributed by atoms with E-state index < -0.39 is 0 Å². The molecule has 2 heterocycles. The zero-order chi connectivity index (χ0) is 10.5. The van der Waals surface area contributed by atoms with E-state index >= 15 is 0 Å². The van der Waals surface area contributed by atoms with Crippen LogP contribution >= 0.6 is 0 Å². The molecule has 0 spiro atoms. The Morgan fingerprint density at radius 3 is 2.80 bits per heavy atom. The Hall–Kier alpha value is -0.800. The monoisotopic (exact) mass is 208 g/mol. The summed E-state index contributed by atoms with van der Waals surface area (Å²) < 4.78 is 5.29. The highest BCUT2D eigenvalue weighted by molar-refractivity contribution is 5.00. The molecule has 1 aromatic rings. The SMILES string of the molecule is NC(Cc1ccco1)CN1CCCCC1. The lowest BCUT2D eigenvalue weighted by atomic mass is 10.1. The molecule has 1 fully saturated rings. The van der Waals surface area contributed by atoms with Crippen molar-refractivity contribution in [3.8, 4) is 0 Å². The third-order valence-corrected chi connectivity index (χ3v) is 2.98. The molecule has 0 aromatic carbocycles. The summed E-state index contributed by atoms with van der Waals surface area (Å²) in [7, 11) is 0. The van der Waals surface area contributed by atoms with Gasteiger partial charge in [-0.2, -0.15) is 0 Å². The van der Waals surface area contributed by atoms with Crippen molar-refractivity contribution in [3.63, 3.8) is 0 Å². The highest BCUT2D eigenvalue weighted by Crippen LogP contribution is 2.10. The van der Waals surface area contributed by atoms with E-state index in [9.17, 15) is 0 Å². The first-order valence-corrected chi connectivity index (χ1v) is 5.85. The van der Waals surface area contributed by atoms with Gasteiger partial charge in [-0.25, -0.2) is 0 Å². The van der Waals surface area contributed by atoms with Gasteiger partial charge in [0.2, 0.25) is 0 Å². The molecule has 15 heavy (non-hydrogen) atoms. The van der Waals surface area contributed by atoms with Crippen LogP contribution in [0, 0.1) is 0 Å². The number of rotatable bonds is 4. The van der Waals surface area contributed by atoms with Crippen molar-refractivity contribution in [1.29, 1.82) is 0 Å². The average molecular weight is 208 g/mol. The Balaban J connectivity index is 1.74. The van der Waals surface area contributed by atoms with Gasteiger partial charge >= 0.3 is 0 Å². The van der Waals surface area contributed by atoms with Crippen molar-refractivity contribution in [3.05, 3.63) is 24.2 Å². The number of hydrogen-bond donors (Lipinski definition) is 1. The third kappa shape index (κ3) is 3.36. The number of nitrogens with zero attached hydrogens (tertiary/aromatic N) is 1. The number of likely N-dealkylation sites (tertiary alicyclic amines) is 1. The number of hydrogen-bond acceptors (Lipinski definition) is 3. The van der Waals surface area contributed by atoms with Gasteiger partial charge < -0.3 is 15.1 Å². The molecule has 2 N–H and O–H groups in total. The first-order valence-electron chi connectivity index (χ1n) is 5.85. The molecular weight excluding hydrogens is 188 g/mol. The van der Waals surface area contributed by atoms with E-state index in [2.05, 4.69) is 4.90 Å². The minimum Gasteiger partial charge on any atom is -0.469 e. The van der Waals surface area contributed by atoms with E-state index in [-0.39, 0.29) is 6.04 Å². The fraction of sp³-hybridized carbons (Fsp3) is 0.667. The molecule has 3 nitrogen and oxygen atoms in total. The van der Waals surface area contributed by atoms with Gasteiger partial charge in [-0.15, -0.1) is 0 Å². The second-order valence-corrected chi connectivity index (χ2v) is 4.40. The van der Waals surface area contributed by atoms with Gasteiger partial charge in [0, 0.05) is 19.0 Å². The van der Waals surface area contributed by atoms with Gasteiger partial charge in [0.1, 0.15) is 5.76 Å². The van der Waals surface area contributed by atoms with Crippen LogP contribution < -0.4 is 5.73 Å². The molecule has 1 aromatic heterocycles. The van der Waals surface area contributed by atoms with E-state index in [4.69, 9.17) is 10.2 Å². The summed E-state index contributed by atoms with van der Waals surface area (Å²) in [6, 6.07) is 4.12. The van der Waals surface area contributed by atoms with Gasteiger partial charge in [-0.05, 0) is 38.1 Å². The number of nitrogens with two attached hydrogens (primary N) is 1. The minimum atomic E-state index is 0.203. The van der Waals surface area contributed by atoms with Crippen molar-refractivity contribution in [2.24, 2.45) is 5.73 Å². The Morgan fingerprint density at radius 1 is 1.33 bits per heavy atom. The van der Waals surface area contributed by atoms with Crippen LogP contribution in [0.2, 0.25) is 0 Å². The van der Waals surface area contributed by atoms with Crippen LogP contribution in [0.5, 0.6) is 0 Å². The molecule has 2 rings (SSSR count). The van der Waals surface area contributed by atoms with Crippen molar-refractivity contribution >= 4 is 0 Å². The maximum Gasteiger partial charge on any atom is 0.105 e. The Labute approximate surface area is 91.2 Å². The molecule has 1 unspecified atom stereocenters. The van der Waals surface area contributed by atoms with Crippen LogP contribution in [-0.2, 0) is 6.42 Å². The lowest BCUT2D eigenvalue weighted by molar-refractivity contribution is 0.213. The van der Waals surface area contributed by atoms with Gasteiger partial charge in [-0.1, -0.05) is 6.42 Å². The summed E-state index contributed by atoms with van der Waals surface area (Å²) in [5.74, 6) is 1.000. The highest BCUT2D eigenvalue weighted by atomic mass is 16.3. The molecule has 1 saturated heterocycles. The van der Waals surface area contributed by atoms with Crippen LogP contribution in [0.15, 0.2) is 22.8 Å². The van der Waals surface area contributed by atoms with Crippen molar-refractivity contribution in [2.75, 3.05) is 19.6 Å². The molecule has 0 aliphatic carbocycles. The average Bonchev–Trinajstić information content (AvgIpc) is 2.71. The largest absolute Gasteiger partial charge is 0.469 e. The van der Waals surface area contributed by atoms with Gasteiger partial charge in [0.25, 0.3) is 0 Å². The highest BCUT2D eigenvalue weighted by Gasteiger charge is 2.14. The molecule has 0 saturated carbocycles.